The van der Waals surface area contributed by atoms with Gasteiger partial charge in [-0.2, -0.15) is 0 Å². The fraction of sp³-hybridized carbons (Fsp3) is 0.300. The first-order valence-electron chi connectivity index (χ1n) is 3.99. The zero-order valence-corrected chi connectivity index (χ0v) is 8.03. The van der Waals surface area contributed by atoms with Gasteiger partial charge in [0.25, 0.3) is 0 Å². The molecule has 1 aromatic carbocycles. The van der Waals surface area contributed by atoms with Crippen LogP contribution in [0.4, 0.5) is 0 Å². The average Bonchev–Trinajstić information content (AvgIpc) is 2.25. The largest absolute Gasteiger partial charge is 0.297 e. The Kier molecular flexibility index (Phi) is 1.55. The molecule has 0 saturated heterocycles. The SMILES string of the molecule is CC1(C)C(=N)Sc2ccccc21. The summed E-state index contributed by atoms with van der Waals surface area (Å²) < 4.78 is 0. The van der Waals surface area contributed by atoms with Gasteiger partial charge < -0.3 is 0 Å². The van der Waals surface area contributed by atoms with Crippen molar-refractivity contribution in [3.8, 4) is 0 Å². The van der Waals surface area contributed by atoms with Crippen molar-refractivity contribution in [1.29, 1.82) is 5.41 Å². The van der Waals surface area contributed by atoms with Gasteiger partial charge in [-0.1, -0.05) is 30.0 Å². The molecule has 0 unspecified atom stereocenters. The Morgan fingerprint density at radius 1 is 1.25 bits per heavy atom. The number of hydrogen-bond donors (Lipinski definition) is 1. The molecule has 0 radical (unpaired) electrons. The van der Waals surface area contributed by atoms with Gasteiger partial charge in [-0.05, 0) is 25.5 Å². The van der Waals surface area contributed by atoms with Crippen LogP contribution in [0.25, 0.3) is 0 Å². The second-order valence-corrected chi connectivity index (χ2v) is 4.60. The van der Waals surface area contributed by atoms with E-state index in [1.165, 1.54) is 10.5 Å². The Morgan fingerprint density at radius 3 is 2.58 bits per heavy atom. The van der Waals surface area contributed by atoms with E-state index in [4.69, 9.17) is 5.41 Å². The van der Waals surface area contributed by atoms with Crippen molar-refractivity contribution in [1.82, 2.24) is 0 Å². The molecule has 0 atom stereocenters. The van der Waals surface area contributed by atoms with Crippen molar-refractivity contribution >= 4 is 16.8 Å². The predicted octanol–water partition coefficient (Wildman–Crippen LogP) is 3.05. The summed E-state index contributed by atoms with van der Waals surface area (Å²) >= 11 is 1.58. The predicted molar refractivity (Wildman–Crippen MR) is 53.1 cm³/mol. The van der Waals surface area contributed by atoms with Gasteiger partial charge in [-0.3, -0.25) is 5.41 Å². The lowest BCUT2D eigenvalue weighted by Crippen LogP contribution is -2.20. The first-order valence-corrected chi connectivity index (χ1v) is 4.80. The van der Waals surface area contributed by atoms with E-state index < -0.39 is 0 Å². The van der Waals surface area contributed by atoms with Crippen LogP contribution < -0.4 is 0 Å². The number of hydrogen-bond acceptors (Lipinski definition) is 2. The summed E-state index contributed by atoms with van der Waals surface area (Å²) in [6, 6.07) is 8.27. The van der Waals surface area contributed by atoms with Crippen molar-refractivity contribution in [3.63, 3.8) is 0 Å². The van der Waals surface area contributed by atoms with E-state index in [1.54, 1.807) is 11.8 Å². The molecule has 0 saturated carbocycles. The van der Waals surface area contributed by atoms with E-state index in [1.807, 2.05) is 12.1 Å². The van der Waals surface area contributed by atoms with Crippen molar-refractivity contribution in [2.24, 2.45) is 0 Å². The van der Waals surface area contributed by atoms with E-state index in [2.05, 4.69) is 26.0 Å². The summed E-state index contributed by atoms with van der Waals surface area (Å²) in [5.41, 5.74) is 1.22. The smallest absolute Gasteiger partial charge is 0.0789 e. The monoisotopic (exact) mass is 177 g/mol. The topological polar surface area (TPSA) is 23.9 Å². The fourth-order valence-corrected chi connectivity index (χ4v) is 2.60. The summed E-state index contributed by atoms with van der Waals surface area (Å²) in [4.78, 5) is 1.24. The summed E-state index contributed by atoms with van der Waals surface area (Å²) in [6.45, 7) is 4.21. The first kappa shape index (κ1) is 7.87. The second kappa shape index (κ2) is 2.36. The van der Waals surface area contributed by atoms with Crippen LogP contribution in [-0.4, -0.2) is 5.04 Å². The van der Waals surface area contributed by atoms with E-state index in [0.717, 1.165) is 5.04 Å². The summed E-state index contributed by atoms with van der Waals surface area (Å²) in [5, 5.41) is 8.55. The molecule has 2 heteroatoms. The summed E-state index contributed by atoms with van der Waals surface area (Å²) in [7, 11) is 0. The number of rotatable bonds is 0. The van der Waals surface area contributed by atoms with Crippen LogP contribution in [-0.2, 0) is 5.41 Å². The quantitative estimate of drug-likeness (QED) is 0.647. The maximum Gasteiger partial charge on any atom is 0.0789 e. The van der Waals surface area contributed by atoms with Crippen molar-refractivity contribution in [2.75, 3.05) is 0 Å². The van der Waals surface area contributed by atoms with Gasteiger partial charge in [0.2, 0.25) is 0 Å². The number of nitrogens with one attached hydrogen (secondary N) is 1. The van der Waals surface area contributed by atoms with Gasteiger partial charge in [-0.15, -0.1) is 0 Å². The molecule has 12 heavy (non-hydrogen) atoms. The van der Waals surface area contributed by atoms with Crippen molar-refractivity contribution in [2.45, 2.75) is 24.2 Å². The van der Waals surface area contributed by atoms with E-state index >= 15 is 0 Å². The van der Waals surface area contributed by atoms with E-state index in [9.17, 15) is 0 Å². The van der Waals surface area contributed by atoms with E-state index in [0.29, 0.717) is 0 Å². The minimum Gasteiger partial charge on any atom is -0.297 e. The molecule has 1 aromatic rings. The Labute approximate surface area is 76.7 Å². The molecule has 0 aromatic heterocycles. The molecule has 1 aliphatic rings. The maximum absolute atomic E-state index is 7.80. The molecule has 1 N–H and O–H groups in total. The molecule has 0 amide bonds. The first-order chi connectivity index (χ1) is 5.62. The molecule has 0 aliphatic carbocycles. The Hall–Kier alpha value is -0.760. The number of benzene rings is 1. The minimum absolute atomic E-state index is 0.0682. The standard InChI is InChI=1S/C10H11NS/c1-10(2)7-5-3-4-6-8(7)12-9(10)11/h3-6,11H,1-2H3. The molecule has 62 valence electrons. The van der Waals surface area contributed by atoms with Gasteiger partial charge in [0.1, 0.15) is 0 Å². The van der Waals surface area contributed by atoms with Gasteiger partial charge in [0.05, 0.1) is 5.04 Å². The van der Waals surface area contributed by atoms with Crippen LogP contribution in [0.5, 0.6) is 0 Å². The molecular weight excluding hydrogens is 166 g/mol. The van der Waals surface area contributed by atoms with Crippen LogP contribution in [0.3, 0.4) is 0 Å². The van der Waals surface area contributed by atoms with Crippen molar-refractivity contribution < 1.29 is 0 Å². The van der Waals surface area contributed by atoms with Gasteiger partial charge in [0.15, 0.2) is 0 Å². The zero-order chi connectivity index (χ0) is 8.77. The number of fused-ring (bicyclic) bond motifs is 1. The molecule has 2 rings (SSSR count). The lowest BCUT2D eigenvalue weighted by Gasteiger charge is -2.17. The molecule has 0 bridgehead atoms. The van der Waals surface area contributed by atoms with Crippen LogP contribution in [0.15, 0.2) is 29.2 Å². The Balaban J connectivity index is 2.63. The highest BCUT2D eigenvalue weighted by molar-refractivity contribution is 8.14. The minimum atomic E-state index is -0.0682. The number of thioether (sulfide) groups is 1. The van der Waals surface area contributed by atoms with Crippen molar-refractivity contribution in [3.05, 3.63) is 29.8 Å². The third-order valence-electron chi connectivity index (χ3n) is 2.34. The average molecular weight is 177 g/mol. The van der Waals surface area contributed by atoms with Gasteiger partial charge >= 0.3 is 0 Å². The molecule has 0 spiro atoms. The van der Waals surface area contributed by atoms with E-state index in [-0.39, 0.29) is 5.41 Å². The lowest BCUT2D eigenvalue weighted by atomic mass is 9.86. The van der Waals surface area contributed by atoms with Crippen LogP contribution in [0.1, 0.15) is 19.4 Å². The summed E-state index contributed by atoms with van der Waals surface area (Å²) in [5.74, 6) is 0. The van der Waals surface area contributed by atoms with Gasteiger partial charge in [-0.25, -0.2) is 0 Å². The van der Waals surface area contributed by atoms with Gasteiger partial charge in [0, 0.05) is 10.3 Å². The lowest BCUT2D eigenvalue weighted by molar-refractivity contribution is 0.718. The molecule has 1 heterocycles. The highest BCUT2D eigenvalue weighted by atomic mass is 32.2. The molecule has 1 nitrogen and oxygen atoms in total. The second-order valence-electron chi connectivity index (χ2n) is 3.55. The fourth-order valence-electron chi connectivity index (χ4n) is 1.43. The highest BCUT2D eigenvalue weighted by Gasteiger charge is 2.35. The molecular formula is C10H11NS. The normalized spacial score (nSPS) is 19.3. The highest BCUT2D eigenvalue weighted by Crippen LogP contribution is 2.44. The molecule has 0 fully saturated rings. The zero-order valence-electron chi connectivity index (χ0n) is 7.22. The third-order valence-corrected chi connectivity index (χ3v) is 3.63. The third kappa shape index (κ3) is 0.911. The van der Waals surface area contributed by atoms with Crippen LogP contribution in [0, 0.1) is 5.41 Å². The van der Waals surface area contributed by atoms with Crippen LogP contribution in [0.2, 0.25) is 0 Å². The Bertz CT molecular complexity index is 341. The maximum atomic E-state index is 7.80. The Morgan fingerprint density at radius 2 is 1.92 bits per heavy atom. The molecule has 1 aliphatic heterocycles. The summed E-state index contributed by atoms with van der Waals surface area (Å²) in [6.07, 6.45) is 0. The van der Waals surface area contributed by atoms with Crippen LogP contribution >= 0.6 is 11.8 Å².